The van der Waals surface area contributed by atoms with Gasteiger partial charge in [-0.2, -0.15) is 0 Å². The van der Waals surface area contributed by atoms with E-state index in [0.29, 0.717) is 29.4 Å². The fraction of sp³-hybridized carbons (Fsp3) is 0.238. The van der Waals surface area contributed by atoms with Gasteiger partial charge in [0.2, 0.25) is 5.58 Å². The van der Waals surface area contributed by atoms with E-state index in [1.54, 1.807) is 0 Å². The van der Waals surface area contributed by atoms with Crippen molar-refractivity contribution in [1.82, 2.24) is 15.3 Å². The van der Waals surface area contributed by atoms with Crippen LogP contribution in [-0.4, -0.2) is 9.97 Å². The van der Waals surface area contributed by atoms with Crippen molar-refractivity contribution in [2.45, 2.75) is 26.4 Å². The van der Waals surface area contributed by atoms with Gasteiger partial charge in [-0.15, -0.1) is 0 Å². The van der Waals surface area contributed by atoms with Gasteiger partial charge in [0.05, 0.1) is 6.54 Å². The Kier molecular flexibility index (Phi) is 4.31. The van der Waals surface area contributed by atoms with Gasteiger partial charge in [0.25, 0.3) is 5.56 Å². The first-order valence-corrected chi connectivity index (χ1v) is 8.82. The number of furan rings is 1. The van der Waals surface area contributed by atoms with Crippen LogP contribution in [0.3, 0.4) is 0 Å². The molecule has 2 aromatic heterocycles. The molecule has 2 aromatic carbocycles. The lowest BCUT2D eigenvalue weighted by Gasteiger charge is -2.22. The molecule has 1 unspecified atom stereocenters. The largest absolute Gasteiger partial charge is 0.449 e. The monoisotopic (exact) mass is 347 g/mol. The zero-order valence-electron chi connectivity index (χ0n) is 14.8. The lowest BCUT2D eigenvalue weighted by atomic mass is 9.96. The number of benzene rings is 2. The maximum absolute atomic E-state index is 12.4. The molecule has 0 fully saturated rings. The summed E-state index contributed by atoms with van der Waals surface area (Å²) < 4.78 is 5.64. The van der Waals surface area contributed by atoms with Gasteiger partial charge in [0, 0.05) is 11.4 Å². The van der Waals surface area contributed by atoms with Crippen LogP contribution in [0, 0.1) is 5.92 Å². The summed E-state index contributed by atoms with van der Waals surface area (Å²) in [6.07, 6.45) is 0. The van der Waals surface area contributed by atoms with Crippen LogP contribution in [0.15, 0.2) is 63.8 Å². The van der Waals surface area contributed by atoms with Gasteiger partial charge in [-0.05, 0) is 23.6 Å². The SMILES string of the molecule is CC(C)C(NCc1nc2c(oc3ccccc32)c(=O)[nH]1)c1ccccc1. The molecule has 1 atom stereocenters. The molecule has 0 bridgehead atoms. The summed E-state index contributed by atoms with van der Waals surface area (Å²) in [5.74, 6) is 1.01. The summed E-state index contributed by atoms with van der Waals surface area (Å²) >= 11 is 0. The van der Waals surface area contributed by atoms with E-state index in [1.807, 2.05) is 42.5 Å². The standard InChI is InChI=1S/C21H21N3O2/c1-13(2)18(14-8-4-3-5-9-14)22-12-17-23-19-15-10-6-7-11-16(15)26-20(19)21(25)24-17/h3-11,13,18,22H,12H2,1-2H3,(H,23,24,25). The molecule has 5 heteroatoms. The van der Waals surface area contributed by atoms with Gasteiger partial charge in [-0.25, -0.2) is 4.98 Å². The van der Waals surface area contributed by atoms with Gasteiger partial charge in [-0.1, -0.05) is 56.3 Å². The van der Waals surface area contributed by atoms with Crippen LogP contribution in [-0.2, 0) is 6.54 Å². The molecule has 0 amide bonds. The Hall–Kier alpha value is -2.92. The molecule has 4 rings (SSSR count). The fourth-order valence-electron chi connectivity index (χ4n) is 3.34. The zero-order valence-corrected chi connectivity index (χ0v) is 14.8. The van der Waals surface area contributed by atoms with Crippen molar-refractivity contribution in [3.05, 3.63) is 76.3 Å². The van der Waals surface area contributed by atoms with Crippen LogP contribution in [0.5, 0.6) is 0 Å². The average Bonchev–Trinajstić information content (AvgIpc) is 3.02. The number of hydrogen-bond donors (Lipinski definition) is 2. The zero-order chi connectivity index (χ0) is 18.1. The van der Waals surface area contributed by atoms with Crippen LogP contribution in [0.2, 0.25) is 0 Å². The van der Waals surface area contributed by atoms with E-state index < -0.39 is 0 Å². The maximum atomic E-state index is 12.4. The first kappa shape index (κ1) is 16.5. The summed E-state index contributed by atoms with van der Waals surface area (Å²) in [6.45, 7) is 4.82. The second kappa shape index (κ2) is 6.77. The quantitative estimate of drug-likeness (QED) is 0.569. The third kappa shape index (κ3) is 3.02. The normalized spacial score (nSPS) is 12.9. The summed E-state index contributed by atoms with van der Waals surface area (Å²) in [7, 11) is 0. The fourth-order valence-corrected chi connectivity index (χ4v) is 3.34. The third-order valence-electron chi connectivity index (χ3n) is 4.59. The van der Waals surface area contributed by atoms with E-state index in [0.717, 1.165) is 5.39 Å². The second-order valence-corrected chi connectivity index (χ2v) is 6.80. The number of aromatic nitrogens is 2. The van der Waals surface area contributed by atoms with Crippen LogP contribution >= 0.6 is 0 Å². The highest BCUT2D eigenvalue weighted by molar-refractivity contribution is 6.01. The highest BCUT2D eigenvalue weighted by Gasteiger charge is 2.17. The van der Waals surface area contributed by atoms with E-state index in [4.69, 9.17) is 4.42 Å². The predicted octanol–water partition coefficient (Wildman–Crippen LogP) is 4.16. The van der Waals surface area contributed by atoms with E-state index in [2.05, 4.69) is 41.3 Å². The van der Waals surface area contributed by atoms with Crippen LogP contribution in [0.4, 0.5) is 0 Å². The molecule has 0 saturated heterocycles. The van der Waals surface area contributed by atoms with Gasteiger partial charge >= 0.3 is 0 Å². The highest BCUT2D eigenvalue weighted by Crippen LogP contribution is 2.25. The number of aromatic amines is 1. The predicted molar refractivity (Wildman–Crippen MR) is 103 cm³/mol. The van der Waals surface area contributed by atoms with Gasteiger partial charge < -0.3 is 14.7 Å². The molecule has 0 aliphatic rings. The molecule has 5 nitrogen and oxygen atoms in total. The molecule has 26 heavy (non-hydrogen) atoms. The smallest absolute Gasteiger partial charge is 0.294 e. The summed E-state index contributed by atoms with van der Waals surface area (Å²) in [4.78, 5) is 19.9. The van der Waals surface area contributed by atoms with Crippen molar-refractivity contribution in [2.24, 2.45) is 5.92 Å². The molecule has 0 aliphatic carbocycles. The highest BCUT2D eigenvalue weighted by atomic mass is 16.3. The summed E-state index contributed by atoms with van der Waals surface area (Å²) in [5, 5.41) is 4.38. The second-order valence-electron chi connectivity index (χ2n) is 6.80. The maximum Gasteiger partial charge on any atom is 0.294 e. The Balaban J connectivity index is 1.66. The minimum Gasteiger partial charge on any atom is -0.449 e. The van der Waals surface area contributed by atoms with Crippen LogP contribution < -0.4 is 10.9 Å². The molecular formula is C21H21N3O2. The molecule has 0 aliphatic heterocycles. The van der Waals surface area contributed by atoms with Gasteiger partial charge in [0.15, 0.2) is 0 Å². The van der Waals surface area contributed by atoms with E-state index in [1.165, 1.54) is 5.56 Å². The summed E-state index contributed by atoms with van der Waals surface area (Å²) in [6, 6.07) is 18.1. The minimum absolute atomic E-state index is 0.179. The first-order chi connectivity index (χ1) is 12.6. The molecule has 4 aromatic rings. The van der Waals surface area contributed by atoms with Crippen molar-refractivity contribution >= 4 is 22.1 Å². The average molecular weight is 347 g/mol. The van der Waals surface area contributed by atoms with Crippen LogP contribution in [0.25, 0.3) is 22.1 Å². The molecule has 2 heterocycles. The molecular weight excluding hydrogens is 326 g/mol. The van der Waals surface area contributed by atoms with Crippen molar-refractivity contribution < 1.29 is 4.42 Å². The Bertz CT molecular complexity index is 1100. The van der Waals surface area contributed by atoms with E-state index >= 15 is 0 Å². The number of H-pyrrole nitrogens is 1. The Morgan fingerprint density at radius 1 is 1.08 bits per heavy atom. The van der Waals surface area contributed by atoms with Crippen LogP contribution in [0.1, 0.15) is 31.3 Å². The first-order valence-electron chi connectivity index (χ1n) is 8.82. The number of nitrogens with zero attached hydrogens (tertiary/aromatic N) is 1. The summed E-state index contributed by atoms with van der Waals surface area (Å²) in [5.41, 5.74) is 2.54. The van der Waals surface area contributed by atoms with Crippen molar-refractivity contribution in [3.63, 3.8) is 0 Å². The van der Waals surface area contributed by atoms with Gasteiger partial charge in [-0.3, -0.25) is 4.79 Å². The Morgan fingerprint density at radius 2 is 1.81 bits per heavy atom. The topological polar surface area (TPSA) is 70.9 Å². The molecule has 2 N–H and O–H groups in total. The number of rotatable bonds is 5. The lowest BCUT2D eigenvalue weighted by molar-refractivity contribution is 0.406. The Morgan fingerprint density at radius 3 is 2.58 bits per heavy atom. The van der Waals surface area contributed by atoms with E-state index in [-0.39, 0.29) is 17.2 Å². The molecule has 0 radical (unpaired) electrons. The molecule has 0 saturated carbocycles. The van der Waals surface area contributed by atoms with Gasteiger partial charge in [0.1, 0.15) is 16.9 Å². The molecule has 132 valence electrons. The van der Waals surface area contributed by atoms with Crippen molar-refractivity contribution in [2.75, 3.05) is 0 Å². The molecule has 0 spiro atoms. The van der Waals surface area contributed by atoms with Crippen molar-refractivity contribution in [1.29, 1.82) is 0 Å². The van der Waals surface area contributed by atoms with Crippen molar-refractivity contribution in [3.8, 4) is 0 Å². The Labute approximate surface area is 151 Å². The number of hydrogen-bond acceptors (Lipinski definition) is 4. The number of para-hydroxylation sites is 1. The lowest BCUT2D eigenvalue weighted by Crippen LogP contribution is -2.27. The van der Waals surface area contributed by atoms with E-state index in [9.17, 15) is 4.79 Å². The minimum atomic E-state index is -0.246. The number of nitrogens with one attached hydrogen (secondary N) is 2. The number of fused-ring (bicyclic) bond motifs is 3. The third-order valence-corrected chi connectivity index (χ3v) is 4.59.